The number of hydrogen-bond acceptors (Lipinski definition) is 5. The van der Waals surface area contributed by atoms with Gasteiger partial charge in [0.05, 0.1) is 10.7 Å². The van der Waals surface area contributed by atoms with Crippen LogP contribution in [0.25, 0.3) is 11.3 Å². The molecular weight excluding hydrogens is 352 g/mol. The van der Waals surface area contributed by atoms with E-state index in [4.69, 9.17) is 0 Å². The molecule has 2 heterocycles. The number of nitrogens with zero attached hydrogens (tertiary/aromatic N) is 3. The molecule has 8 heteroatoms. The molecule has 7 nitrogen and oxygen atoms in total. The molecule has 1 fully saturated rings. The second-order valence-electron chi connectivity index (χ2n) is 6.16. The van der Waals surface area contributed by atoms with Crippen molar-refractivity contribution in [3.63, 3.8) is 0 Å². The topological polar surface area (TPSA) is 82.6 Å². The van der Waals surface area contributed by atoms with Gasteiger partial charge in [-0.3, -0.25) is 14.5 Å². The molecule has 0 bridgehead atoms. The van der Waals surface area contributed by atoms with Crippen molar-refractivity contribution < 1.29 is 14.4 Å². The molecule has 0 spiro atoms. The molecule has 0 saturated carbocycles. The Morgan fingerprint density at radius 1 is 1.27 bits per heavy atom. The maximum atomic E-state index is 12.1. The number of amides is 4. The Morgan fingerprint density at radius 2 is 2.00 bits per heavy atom. The SMILES string of the molecule is Cc1nc(-c2ccc(NC(=O)CCCN3C(=O)CN(C)C3=O)cc2)cs1. The minimum absolute atomic E-state index is 0.107. The first kappa shape index (κ1) is 18.1. The molecule has 1 aromatic heterocycles. The lowest BCUT2D eigenvalue weighted by Crippen LogP contribution is -2.32. The molecule has 0 unspecified atom stereocenters. The predicted molar refractivity (Wildman–Crippen MR) is 99.9 cm³/mol. The average Bonchev–Trinajstić information content (AvgIpc) is 3.14. The van der Waals surface area contributed by atoms with Crippen molar-refractivity contribution in [2.24, 2.45) is 0 Å². The highest BCUT2D eigenvalue weighted by atomic mass is 32.1. The molecule has 26 heavy (non-hydrogen) atoms. The molecule has 0 aliphatic carbocycles. The molecule has 1 aliphatic rings. The van der Waals surface area contributed by atoms with Crippen molar-refractivity contribution in [2.75, 3.05) is 25.5 Å². The van der Waals surface area contributed by atoms with Crippen LogP contribution in [0.4, 0.5) is 10.5 Å². The smallest absolute Gasteiger partial charge is 0.326 e. The van der Waals surface area contributed by atoms with E-state index in [1.165, 1.54) is 9.80 Å². The Hall–Kier alpha value is -2.74. The number of aryl methyl sites for hydroxylation is 1. The van der Waals surface area contributed by atoms with Crippen LogP contribution in [0, 0.1) is 6.92 Å². The Morgan fingerprint density at radius 3 is 2.58 bits per heavy atom. The van der Waals surface area contributed by atoms with Crippen molar-refractivity contribution >= 4 is 34.9 Å². The number of imide groups is 1. The van der Waals surface area contributed by atoms with Crippen LogP contribution >= 0.6 is 11.3 Å². The lowest BCUT2D eigenvalue weighted by atomic mass is 10.1. The number of thiazole rings is 1. The van der Waals surface area contributed by atoms with Gasteiger partial charge >= 0.3 is 6.03 Å². The van der Waals surface area contributed by atoms with Crippen molar-refractivity contribution in [2.45, 2.75) is 19.8 Å². The summed E-state index contributed by atoms with van der Waals surface area (Å²) in [6, 6.07) is 7.21. The number of urea groups is 1. The van der Waals surface area contributed by atoms with E-state index < -0.39 is 0 Å². The van der Waals surface area contributed by atoms with Gasteiger partial charge in [0.25, 0.3) is 0 Å². The van der Waals surface area contributed by atoms with E-state index in [0.29, 0.717) is 12.1 Å². The number of carbonyl (C=O) groups is 3. The molecule has 1 saturated heterocycles. The first-order chi connectivity index (χ1) is 12.4. The van der Waals surface area contributed by atoms with Crippen LogP contribution in [-0.2, 0) is 9.59 Å². The van der Waals surface area contributed by atoms with E-state index >= 15 is 0 Å². The fraction of sp³-hybridized carbons (Fsp3) is 0.333. The highest BCUT2D eigenvalue weighted by Crippen LogP contribution is 2.23. The number of rotatable bonds is 6. The van der Waals surface area contributed by atoms with Gasteiger partial charge in [0.1, 0.15) is 6.54 Å². The largest absolute Gasteiger partial charge is 0.326 e. The second-order valence-corrected chi connectivity index (χ2v) is 7.23. The summed E-state index contributed by atoms with van der Waals surface area (Å²) >= 11 is 1.60. The third kappa shape index (κ3) is 4.08. The minimum Gasteiger partial charge on any atom is -0.326 e. The van der Waals surface area contributed by atoms with Crippen molar-refractivity contribution in [3.05, 3.63) is 34.7 Å². The molecule has 3 rings (SSSR count). The van der Waals surface area contributed by atoms with Crippen LogP contribution in [0.3, 0.4) is 0 Å². The number of aromatic nitrogens is 1. The van der Waals surface area contributed by atoms with Gasteiger partial charge < -0.3 is 10.2 Å². The lowest BCUT2D eigenvalue weighted by Gasteiger charge is -2.13. The van der Waals surface area contributed by atoms with Gasteiger partial charge in [0.2, 0.25) is 11.8 Å². The summed E-state index contributed by atoms with van der Waals surface area (Å²) in [5, 5.41) is 5.84. The van der Waals surface area contributed by atoms with Crippen molar-refractivity contribution in [3.8, 4) is 11.3 Å². The standard InChI is InChI=1S/C18H20N4O3S/c1-12-19-15(11-26-12)13-5-7-14(8-6-13)20-16(23)4-3-9-22-17(24)10-21(2)18(22)25/h5-8,11H,3-4,9-10H2,1-2H3,(H,20,23). The number of hydrogen-bond donors (Lipinski definition) is 1. The fourth-order valence-electron chi connectivity index (χ4n) is 2.73. The predicted octanol–water partition coefficient (Wildman–Crippen LogP) is 2.73. The first-order valence-electron chi connectivity index (χ1n) is 8.32. The van der Waals surface area contributed by atoms with Crippen LogP contribution < -0.4 is 5.32 Å². The maximum absolute atomic E-state index is 12.1. The van der Waals surface area contributed by atoms with Crippen molar-refractivity contribution in [1.29, 1.82) is 0 Å². The third-order valence-corrected chi connectivity index (χ3v) is 4.87. The molecule has 136 valence electrons. The van der Waals surface area contributed by atoms with E-state index in [0.717, 1.165) is 16.3 Å². The third-order valence-electron chi connectivity index (χ3n) is 4.10. The van der Waals surface area contributed by atoms with Gasteiger partial charge in [-0.2, -0.15) is 0 Å². The van der Waals surface area contributed by atoms with E-state index in [1.54, 1.807) is 18.4 Å². The average molecular weight is 372 g/mol. The van der Waals surface area contributed by atoms with Crippen LogP contribution in [0.5, 0.6) is 0 Å². The van der Waals surface area contributed by atoms with Gasteiger partial charge in [-0.05, 0) is 25.5 Å². The zero-order chi connectivity index (χ0) is 18.7. The van der Waals surface area contributed by atoms with Gasteiger partial charge in [0, 0.05) is 36.6 Å². The van der Waals surface area contributed by atoms with Gasteiger partial charge in [-0.1, -0.05) is 12.1 Å². The monoisotopic (exact) mass is 372 g/mol. The molecular formula is C18H20N4O3S. The van der Waals surface area contributed by atoms with Crippen molar-refractivity contribution in [1.82, 2.24) is 14.8 Å². The van der Waals surface area contributed by atoms with Crippen LogP contribution in [0.1, 0.15) is 17.8 Å². The molecule has 1 aromatic carbocycles. The van der Waals surface area contributed by atoms with E-state index in [-0.39, 0.29) is 37.4 Å². The van der Waals surface area contributed by atoms with Gasteiger partial charge in [0.15, 0.2) is 0 Å². The van der Waals surface area contributed by atoms with E-state index in [9.17, 15) is 14.4 Å². The number of benzene rings is 1. The minimum atomic E-state index is -0.303. The summed E-state index contributed by atoms with van der Waals surface area (Å²) in [5.41, 5.74) is 2.64. The van der Waals surface area contributed by atoms with E-state index in [1.807, 2.05) is 36.6 Å². The van der Waals surface area contributed by atoms with Crippen LogP contribution in [0.15, 0.2) is 29.6 Å². The normalized spacial score (nSPS) is 14.2. The molecule has 1 aliphatic heterocycles. The Labute approximate surface area is 155 Å². The summed E-state index contributed by atoms with van der Waals surface area (Å²) < 4.78 is 0. The molecule has 0 radical (unpaired) electrons. The summed E-state index contributed by atoms with van der Waals surface area (Å²) in [6.07, 6.45) is 0.682. The molecule has 1 N–H and O–H groups in total. The summed E-state index contributed by atoms with van der Waals surface area (Å²) in [5.74, 6) is -0.361. The van der Waals surface area contributed by atoms with Gasteiger partial charge in [-0.25, -0.2) is 9.78 Å². The number of anilines is 1. The summed E-state index contributed by atoms with van der Waals surface area (Å²) in [4.78, 5) is 42.5. The summed E-state index contributed by atoms with van der Waals surface area (Å²) in [7, 11) is 1.59. The van der Waals surface area contributed by atoms with Gasteiger partial charge in [-0.15, -0.1) is 11.3 Å². The fourth-order valence-corrected chi connectivity index (χ4v) is 3.35. The summed E-state index contributed by atoms with van der Waals surface area (Å²) in [6.45, 7) is 2.33. The lowest BCUT2D eigenvalue weighted by molar-refractivity contribution is -0.125. The number of likely N-dealkylation sites (N-methyl/N-ethyl adjacent to an activating group) is 1. The molecule has 0 atom stereocenters. The highest BCUT2D eigenvalue weighted by Gasteiger charge is 2.32. The van der Waals surface area contributed by atoms with Crippen LogP contribution in [-0.4, -0.2) is 52.8 Å². The van der Waals surface area contributed by atoms with E-state index in [2.05, 4.69) is 10.3 Å². The maximum Gasteiger partial charge on any atom is 0.326 e. The zero-order valence-electron chi connectivity index (χ0n) is 14.7. The molecule has 4 amide bonds. The molecule has 2 aromatic rings. The Bertz CT molecular complexity index is 831. The quantitative estimate of drug-likeness (QED) is 0.791. The number of nitrogens with one attached hydrogen (secondary N) is 1. The Kier molecular flexibility index (Phi) is 5.32. The van der Waals surface area contributed by atoms with Crippen LogP contribution in [0.2, 0.25) is 0 Å². The second kappa shape index (κ2) is 7.65. The first-order valence-corrected chi connectivity index (χ1v) is 9.20. The number of carbonyl (C=O) groups excluding carboxylic acids is 3. The zero-order valence-corrected chi connectivity index (χ0v) is 15.5. The highest BCUT2D eigenvalue weighted by molar-refractivity contribution is 7.09. The Balaban J connectivity index is 1.48.